The summed E-state index contributed by atoms with van der Waals surface area (Å²) in [5.74, 6) is 0.399. The first-order chi connectivity index (χ1) is 12.9. The average molecular weight is 391 g/mol. The van der Waals surface area contributed by atoms with Gasteiger partial charge in [-0.15, -0.1) is 0 Å². The second kappa shape index (κ2) is 9.80. The molecule has 0 saturated heterocycles. The fourth-order valence-corrected chi connectivity index (χ4v) is 3.24. The van der Waals surface area contributed by atoms with Gasteiger partial charge in [0.1, 0.15) is 0 Å². The summed E-state index contributed by atoms with van der Waals surface area (Å²) in [5, 5.41) is 3.46. The minimum Gasteiger partial charge on any atom is -0.352 e. The number of aromatic amines is 1. The first-order valence-corrected chi connectivity index (χ1v) is 10.1. The van der Waals surface area contributed by atoms with E-state index in [1.807, 2.05) is 0 Å². The monoisotopic (exact) mass is 390 g/mol. The first-order valence-electron chi connectivity index (χ1n) is 9.64. The van der Waals surface area contributed by atoms with Crippen molar-refractivity contribution in [3.05, 3.63) is 38.9 Å². The molecule has 2 rings (SSSR count). The molecule has 0 saturated carbocycles. The summed E-state index contributed by atoms with van der Waals surface area (Å²) in [7, 11) is 0. The Kier molecular flexibility index (Phi) is 7.74. The van der Waals surface area contributed by atoms with Crippen molar-refractivity contribution >= 4 is 29.0 Å². The molecule has 0 unspecified atom stereocenters. The van der Waals surface area contributed by atoms with Crippen LogP contribution in [0.1, 0.15) is 44.5 Å². The molecule has 7 heteroatoms. The molecule has 0 bridgehead atoms. The molecule has 1 aromatic carbocycles. The van der Waals surface area contributed by atoms with E-state index >= 15 is 0 Å². The third-order valence-corrected chi connectivity index (χ3v) is 5.11. The number of hydrogen-bond donors (Lipinski definition) is 2. The van der Waals surface area contributed by atoms with Gasteiger partial charge in [-0.25, -0.2) is 0 Å². The number of carbonyl (C=O) groups excluding carboxylic acids is 1. The van der Waals surface area contributed by atoms with Gasteiger partial charge in [-0.2, -0.15) is 0 Å². The Bertz CT molecular complexity index is 897. The molecule has 0 aliphatic carbocycles. The number of amides is 1. The molecule has 0 radical (unpaired) electrons. The standard InChI is InChI=1S/C20H30N4O2S/c1-5-23(6-2)11-12-24-19(26)16-8-7-15(13-17(16)22-20(24)27)18(25)21-10-9-14(3)4/h7-8,13-14H,5-6,9-12H2,1-4H3,(H,21,25)(H,22,27). The van der Waals surface area contributed by atoms with Gasteiger partial charge < -0.3 is 15.2 Å². The maximum absolute atomic E-state index is 12.8. The van der Waals surface area contributed by atoms with Crippen LogP contribution in [0.25, 0.3) is 10.9 Å². The minimum atomic E-state index is -0.136. The maximum atomic E-state index is 12.8. The smallest absolute Gasteiger partial charge is 0.262 e. The van der Waals surface area contributed by atoms with Crippen LogP contribution in [0.4, 0.5) is 0 Å². The van der Waals surface area contributed by atoms with Crippen molar-refractivity contribution in [2.75, 3.05) is 26.2 Å². The molecule has 148 valence electrons. The van der Waals surface area contributed by atoms with Gasteiger partial charge in [-0.1, -0.05) is 27.7 Å². The molecule has 1 aromatic heterocycles. The van der Waals surface area contributed by atoms with Crippen molar-refractivity contribution in [1.29, 1.82) is 0 Å². The van der Waals surface area contributed by atoms with Gasteiger partial charge >= 0.3 is 0 Å². The zero-order valence-electron chi connectivity index (χ0n) is 16.7. The molecular weight excluding hydrogens is 360 g/mol. The molecule has 1 heterocycles. The number of benzene rings is 1. The summed E-state index contributed by atoms with van der Waals surface area (Å²) in [6.07, 6.45) is 0.930. The third-order valence-electron chi connectivity index (χ3n) is 4.79. The van der Waals surface area contributed by atoms with Crippen LogP contribution < -0.4 is 10.9 Å². The fraction of sp³-hybridized carbons (Fsp3) is 0.550. The van der Waals surface area contributed by atoms with Crippen molar-refractivity contribution in [2.24, 2.45) is 5.92 Å². The highest BCUT2D eigenvalue weighted by atomic mass is 32.1. The molecule has 0 aliphatic heterocycles. The number of likely N-dealkylation sites (N-methyl/N-ethyl adjacent to an activating group) is 1. The van der Waals surface area contributed by atoms with Gasteiger partial charge in [0, 0.05) is 25.2 Å². The van der Waals surface area contributed by atoms with E-state index in [0.717, 1.165) is 26.1 Å². The summed E-state index contributed by atoms with van der Waals surface area (Å²) >= 11 is 5.39. The highest BCUT2D eigenvalue weighted by Crippen LogP contribution is 2.11. The Morgan fingerprint density at radius 1 is 1.30 bits per heavy atom. The molecule has 0 fully saturated rings. The summed E-state index contributed by atoms with van der Waals surface area (Å²) in [6, 6.07) is 5.10. The van der Waals surface area contributed by atoms with Crippen molar-refractivity contribution in [3.8, 4) is 0 Å². The Morgan fingerprint density at radius 3 is 2.63 bits per heavy atom. The van der Waals surface area contributed by atoms with Gasteiger partial charge in [0.25, 0.3) is 11.5 Å². The van der Waals surface area contributed by atoms with Crippen LogP contribution in [-0.4, -0.2) is 46.5 Å². The minimum absolute atomic E-state index is 0.118. The van der Waals surface area contributed by atoms with E-state index < -0.39 is 0 Å². The Morgan fingerprint density at radius 2 is 2.00 bits per heavy atom. The highest BCUT2D eigenvalue weighted by molar-refractivity contribution is 7.71. The number of aromatic nitrogens is 2. The van der Waals surface area contributed by atoms with E-state index in [1.54, 1.807) is 22.8 Å². The highest BCUT2D eigenvalue weighted by Gasteiger charge is 2.11. The number of carbonyl (C=O) groups is 1. The van der Waals surface area contributed by atoms with Crippen LogP contribution >= 0.6 is 12.2 Å². The molecule has 2 aromatic rings. The lowest BCUT2D eigenvalue weighted by Gasteiger charge is -2.18. The van der Waals surface area contributed by atoms with Crippen molar-refractivity contribution in [3.63, 3.8) is 0 Å². The lowest BCUT2D eigenvalue weighted by atomic mass is 10.1. The number of hydrogen-bond acceptors (Lipinski definition) is 4. The van der Waals surface area contributed by atoms with Gasteiger partial charge in [0.2, 0.25) is 0 Å². The fourth-order valence-electron chi connectivity index (χ4n) is 2.96. The van der Waals surface area contributed by atoms with Crippen LogP contribution in [0.15, 0.2) is 23.0 Å². The third kappa shape index (κ3) is 5.49. The Hall–Kier alpha value is -1.99. The molecule has 0 aliphatic rings. The SMILES string of the molecule is CCN(CC)CCn1c(=S)[nH]c2cc(C(=O)NCCC(C)C)ccc2c1=O. The van der Waals surface area contributed by atoms with E-state index in [9.17, 15) is 9.59 Å². The number of nitrogens with one attached hydrogen (secondary N) is 2. The summed E-state index contributed by atoms with van der Waals surface area (Å²) in [4.78, 5) is 30.5. The summed E-state index contributed by atoms with van der Waals surface area (Å²) < 4.78 is 1.98. The molecule has 0 spiro atoms. The number of rotatable bonds is 9. The zero-order chi connectivity index (χ0) is 20.0. The van der Waals surface area contributed by atoms with E-state index in [0.29, 0.717) is 40.2 Å². The molecule has 2 N–H and O–H groups in total. The van der Waals surface area contributed by atoms with Crippen molar-refractivity contribution in [2.45, 2.75) is 40.7 Å². The van der Waals surface area contributed by atoms with Crippen LogP contribution in [0.3, 0.4) is 0 Å². The number of H-pyrrole nitrogens is 1. The molecule has 6 nitrogen and oxygen atoms in total. The normalized spacial score (nSPS) is 11.5. The van der Waals surface area contributed by atoms with Gasteiger partial charge in [0.15, 0.2) is 4.77 Å². The largest absolute Gasteiger partial charge is 0.352 e. The second-order valence-corrected chi connectivity index (χ2v) is 7.50. The van der Waals surface area contributed by atoms with Crippen LogP contribution in [-0.2, 0) is 6.54 Å². The topological polar surface area (TPSA) is 70.1 Å². The van der Waals surface area contributed by atoms with E-state index in [-0.39, 0.29) is 11.5 Å². The van der Waals surface area contributed by atoms with Crippen LogP contribution in [0.2, 0.25) is 0 Å². The quantitative estimate of drug-likeness (QED) is 0.645. The van der Waals surface area contributed by atoms with Gasteiger partial charge in [-0.05, 0) is 55.8 Å². The lowest BCUT2D eigenvalue weighted by Crippen LogP contribution is -2.31. The predicted molar refractivity (Wildman–Crippen MR) is 113 cm³/mol. The predicted octanol–water partition coefficient (Wildman–Crippen LogP) is 3.18. The van der Waals surface area contributed by atoms with Crippen molar-refractivity contribution in [1.82, 2.24) is 19.8 Å². The summed E-state index contributed by atoms with van der Waals surface area (Å²) in [5.41, 5.74) is 1.01. The molecule has 1 amide bonds. The number of fused-ring (bicyclic) bond motifs is 1. The first kappa shape index (κ1) is 21.3. The Balaban J connectivity index is 2.25. The second-order valence-electron chi connectivity index (χ2n) is 7.11. The molecule has 27 heavy (non-hydrogen) atoms. The number of nitrogens with zero attached hydrogens (tertiary/aromatic N) is 2. The van der Waals surface area contributed by atoms with E-state index in [1.165, 1.54) is 0 Å². The van der Waals surface area contributed by atoms with Gasteiger partial charge in [0.05, 0.1) is 10.9 Å². The van der Waals surface area contributed by atoms with Crippen LogP contribution in [0, 0.1) is 10.7 Å². The Labute approximate surface area is 165 Å². The summed E-state index contributed by atoms with van der Waals surface area (Å²) in [6.45, 7) is 12.3. The molecule has 0 atom stereocenters. The van der Waals surface area contributed by atoms with E-state index in [2.05, 4.69) is 42.9 Å². The maximum Gasteiger partial charge on any atom is 0.262 e. The average Bonchev–Trinajstić information content (AvgIpc) is 2.63. The molecular formula is C20H30N4O2S. The van der Waals surface area contributed by atoms with Crippen LogP contribution in [0.5, 0.6) is 0 Å². The lowest BCUT2D eigenvalue weighted by molar-refractivity contribution is 0.0952. The van der Waals surface area contributed by atoms with E-state index in [4.69, 9.17) is 12.2 Å². The zero-order valence-corrected chi connectivity index (χ0v) is 17.5. The van der Waals surface area contributed by atoms with Gasteiger partial charge in [-0.3, -0.25) is 14.2 Å². The van der Waals surface area contributed by atoms with Crippen molar-refractivity contribution < 1.29 is 4.79 Å².